The molecule has 7 nitrogen and oxygen atoms in total. The van der Waals surface area contributed by atoms with Gasteiger partial charge in [-0.25, -0.2) is 9.97 Å². The number of nitrogens with zero attached hydrogens (tertiary/aromatic N) is 3. The van der Waals surface area contributed by atoms with E-state index in [2.05, 4.69) is 5.32 Å². The van der Waals surface area contributed by atoms with Crippen molar-refractivity contribution in [2.75, 3.05) is 11.9 Å². The van der Waals surface area contributed by atoms with E-state index in [9.17, 15) is 14.4 Å². The maximum absolute atomic E-state index is 12.7. The van der Waals surface area contributed by atoms with E-state index in [1.165, 1.54) is 0 Å². The Morgan fingerprint density at radius 3 is 2.03 bits per heavy atom. The molecule has 0 aliphatic carbocycles. The number of benzene rings is 4. The lowest BCUT2D eigenvalue weighted by molar-refractivity contribution is -0.116. The number of hydrogen-bond acceptors (Lipinski definition) is 5. The van der Waals surface area contributed by atoms with E-state index in [0.717, 1.165) is 37.7 Å². The summed E-state index contributed by atoms with van der Waals surface area (Å²) in [4.78, 5) is 48.4. The molecule has 7 heteroatoms. The first-order chi connectivity index (χ1) is 16.6. The zero-order valence-electron chi connectivity index (χ0n) is 18.0. The van der Waals surface area contributed by atoms with Crippen molar-refractivity contribution >= 4 is 56.2 Å². The number of nitrogens with one attached hydrogen (secondary N) is 1. The van der Waals surface area contributed by atoms with Gasteiger partial charge in [-0.1, -0.05) is 36.4 Å². The topological polar surface area (TPSA) is 92.3 Å². The van der Waals surface area contributed by atoms with Gasteiger partial charge in [0.2, 0.25) is 5.91 Å². The summed E-state index contributed by atoms with van der Waals surface area (Å²) in [5.74, 6) is -1.01. The van der Waals surface area contributed by atoms with Gasteiger partial charge >= 0.3 is 0 Å². The number of rotatable bonds is 4. The molecule has 0 spiro atoms. The van der Waals surface area contributed by atoms with Crippen molar-refractivity contribution in [3.8, 4) is 0 Å². The van der Waals surface area contributed by atoms with Crippen LogP contribution in [-0.4, -0.2) is 39.1 Å². The van der Waals surface area contributed by atoms with Crippen LogP contribution in [0.1, 0.15) is 27.1 Å². The Morgan fingerprint density at radius 1 is 0.735 bits per heavy atom. The van der Waals surface area contributed by atoms with Crippen molar-refractivity contribution in [2.45, 2.75) is 6.42 Å². The fraction of sp³-hybridized carbons (Fsp3) is 0.0741. The van der Waals surface area contributed by atoms with Crippen LogP contribution in [0.3, 0.4) is 0 Å². The zero-order chi connectivity index (χ0) is 23.2. The molecule has 0 unspecified atom stereocenters. The molecule has 0 fully saturated rings. The minimum atomic E-state index is -0.365. The van der Waals surface area contributed by atoms with E-state index in [1.54, 1.807) is 24.3 Å². The fourth-order valence-corrected chi connectivity index (χ4v) is 4.37. The van der Waals surface area contributed by atoms with Crippen LogP contribution in [0, 0.1) is 0 Å². The lowest BCUT2D eigenvalue weighted by Crippen LogP contribution is -2.32. The molecule has 3 amide bonds. The van der Waals surface area contributed by atoms with Crippen molar-refractivity contribution in [2.24, 2.45) is 0 Å². The van der Waals surface area contributed by atoms with Gasteiger partial charge in [0.25, 0.3) is 11.8 Å². The Bertz CT molecular complexity index is 1630. The summed E-state index contributed by atoms with van der Waals surface area (Å²) in [6, 6.07) is 23.9. The summed E-state index contributed by atoms with van der Waals surface area (Å²) < 4.78 is 0. The van der Waals surface area contributed by atoms with E-state index in [0.29, 0.717) is 16.8 Å². The van der Waals surface area contributed by atoms with E-state index >= 15 is 0 Å². The van der Waals surface area contributed by atoms with Gasteiger partial charge in [-0.05, 0) is 47.9 Å². The highest BCUT2D eigenvalue weighted by Gasteiger charge is 2.34. The molecule has 0 radical (unpaired) electrons. The first-order valence-electron chi connectivity index (χ1n) is 10.9. The number of aromatic nitrogens is 2. The summed E-state index contributed by atoms with van der Waals surface area (Å²) in [5.41, 5.74) is 4.54. The highest BCUT2D eigenvalue weighted by atomic mass is 16.2. The van der Waals surface area contributed by atoms with Crippen LogP contribution >= 0.6 is 0 Å². The highest BCUT2D eigenvalue weighted by molar-refractivity contribution is 6.21. The molecule has 5 aromatic rings. The third-order valence-corrected chi connectivity index (χ3v) is 6.05. The second kappa shape index (κ2) is 7.74. The Hall–Kier alpha value is -4.65. The number of anilines is 1. The number of carbonyl (C=O) groups excluding carboxylic acids is 3. The smallest absolute Gasteiger partial charge is 0.261 e. The van der Waals surface area contributed by atoms with Crippen molar-refractivity contribution in [1.82, 2.24) is 14.9 Å². The van der Waals surface area contributed by atoms with E-state index in [1.807, 2.05) is 54.6 Å². The number of carbonyl (C=O) groups is 3. The molecule has 1 N–H and O–H groups in total. The molecule has 2 heterocycles. The first kappa shape index (κ1) is 20.0. The van der Waals surface area contributed by atoms with Crippen LogP contribution in [0.5, 0.6) is 0 Å². The number of imide groups is 1. The lowest BCUT2D eigenvalue weighted by atomic mass is 10.1. The fourth-order valence-electron chi connectivity index (χ4n) is 4.37. The van der Waals surface area contributed by atoms with Gasteiger partial charge in [0.05, 0.1) is 33.2 Å². The standard InChI is InChI=1S/C27H18N4O3/c32-25(12-13-31-26(33)17-7-1-2-8-18(17)27(31)34)30-20-11-5-6-16-14-23-24(15-19(16)20)29-22-10-4-3-9-21(22)28-23/h1-11,14-15H,12-13H2,(H,30,32). The maximum Gasteiger partial charge on any atom is 0.261 e. The van der Waals surface area contributed by atoms with Gasteiger partial charge in [0.15, 0.2) is 0 Å². The molecule has 0 saturated carbocycles. The normalized spacial score (nSPS) is 13.1. The zero-order valence-corrected chi connectivity index (χ0v) is 18.0. The van der Waals surface area contributed by atoms with Crippen molar-refractivity contribution < 1.29 is 14.4 Å². The quantitative estimate of drug-likeness (QED) is 0.323. The van der Waals surface area contributed by atoms with Crippen LogP contribution < -0.4 is 5.32 Å². The Kier molecular flexibility index (Phi) is 4.55. The molecule has 0 saturated heterocycles. The van der Waals surface area contributed by atoms with Crippen molar-refractivity contribution in [3.05, 3.63) is 90.0 Å². The third-order valence-electron chi connectivity index (χ3n) is 6.05. The molecule has 1 aromatic heterocycles. The van der Waals surface area contributed by atoms with Gasteiger partial charge in [0, 0.05) is 24.0 Å². The van der Waals surface area contributed by atoms with Gasteiger partial charge < -0.3 is 5.32 Å². The number of hydrogen-bond donors (Lipinski definition) is 1. The Labute approximate surface area is 194 Å². The molecule has 1 aliphatic heterocycles. The van der Waals surface area contributed by atoms with Gasteiger partial charge in [-0.15, -0.1) is 0 Å². The Morgan fingerprint density at radius 2 is 1.35 bits per heavy atom. The lowest BCUT2D eigenvalue weighted by Gasteiger charge is -2.14. The average molecular weight is 446 g/mol. The third kappa shape index (κ3) is 3.26. The second-order valence-electron chi connectivity index (χ2n) is 8.19. The van der Waals surface area contributed by atoms with Crippen LogP contribution in [0.2, 0.25) is 0 Å². The number of amides is 3. The predicted octanol–water partition coefficient (Wildman–Crippen LogP) is 4.56. The summed E-state index contributed by atoms with van der Waals surface area (Å²) in [5, 5.41) is 4.69. The number of para-hydroxylation sites is 2. The largest absolute Gasteiger partial charge is 0.325 e. The van der Waals surface area contributed by atoms with Crippen molar-refractivity contribution in [1.29, 1.82) is 0 Å². The van der Waals surface area contributed by atoms with Gasteiger partial charge in [0.1, 0.15) is 0 Å². The monoisotopic (exact) mass is 446 g/mol. The van der Waals surface area contributed by atoms with E-state index in [-0.39, 0.29) is 30.7 Å². The minimum absolute atomic E-state index is 0.000118. The molecular formula is C27H18N4O3. The van der Waals surface area contributed by atoms with E-state index < -0.39 is 0 Å². The number of fused-ring (bicyclic) bond motifs is 4. The SMILES string of the molecule is O=C(CCN1C(=O)c2ccccc2C1=O)Nc1cccc2cc3nc4ccccc4nc3cc12. The molecular weight excluding hydrogens is 428 g/mol. The van der Waals surface area contributed by atoms with E-state index in [4.69, 9.17) is 9.97 Å². The van der Waals surface area contributed by atoms with Crippen LogP contribution in [0.15, 0.2) is 78.9 Å². The van der Waals surface area contributed by atoms with Gasteiger partial charge in [-0.2, -0.15) is 0 Å². The Balaban J connectivity index is 1.25. The predicted molar refractivity (Wildman–Crippen MR) is 130 cm³/mol. The molecule has 1 aliphatic rings. The summed E-state index contributed by atoms with van der Waals surface area (Å²) in [7, 11) is 0. The molecule has 34 heavy (non-hydrogen) atoms. The summed E-state index contributed by atoms with van der Waals surface area (Å²) in [6.45, 7) is 0.0172. The highest BCUT2D eigenvalue weighted by Crippen LogP contribution is 2.28. The first-order valence-corrected chi connectivity index (χ1v) is 10.9. The van der Waals surface area contributed by atoms with Crippen LogP contribution in [0.25, 0.3) is 32.8 Å². The molecule has 4 aromatic carbocycles. The van der Waals surface area contributed by atoms with Crippen LogP contribution in [0.4, 0.5) is 5.69 Å². The summed E-state index contributed by atoms with van der Waals surface area (Å²) >= 11 is 0. The van der Waals surface area contributed by atoms with Crippen molar-refractivity contribution in [3.63, 3.8) is 0 Å². The molecule has 6 rings (SSSR count). The molecule has 0 atom stereocenters. The molecule has 164 valence electrons. The average Bonchev–Trinajstić information content (AvgIpc) is 3.10. The van der Waals surface area contributed by atoms with Gasteiger partial charge in [-0.3, -0.25) is 19.3 Å². The second-order valence-corrected chi connectivity index (χ2v) is 8.19. The summed E-state index contributed by atoms with van der Waals surface area (Å²) in [6.07, 6.45) is -0.000118. The molecule has 0 bridgehead atoms. The maximum atomic E-state index is 12.7. The van der Waals surface area contributed by atoms with Crippen LogP contribution in [-0.2, 0) is 4.79 Å². The minimum Gasteiger partial charge on any atom is -0.325 e.